The molecule has 0 unspecified atom stereocenters. The Balaban J connectivity index is 2.25. The normalized spacial score (nSPS) is 15.8. The first-order chi connectivity index (χ1) is 11.9. The molecule has 0 aliphatic carbocycles. The number of aromatic carboxylic acids is 1. The Morgan fingerprint density at radius 1 is 1.32 bits per heavy atom. The number of nitrogens with zero attached hydrogens (tertiary/aromatic N) is 1. The van der Waals surface area contributed by atoms with Gasteiger partial charge >= 0.3 is 178 Å². The second-order valence-electron chi connectivity index (χ2n) is 4.82. The van der Waals surface area contributed by atoms with Crippen LogP contribution < -0.4 is 74.0 Å². The predicted molar refractivity (Wildman–Crippen MR) is 79.4 cm³/mol. The zero-order valence-electron chi connectivity index (χ0n) is 13.6. The standard InChI is InChI=1S/C15H18I3N2O5/c1-9(21)20(25-6-13-17-7-16-8-18-13)12-4-3-10(14(22)19-2)5-11(12)15(23)24/h3-5,13H,6-8H2,1-2H3,(H,19,22)(H,23,24)/q-3. The van der Waals surface area contributed by atoms with Crippen LogP contribution in [0.4, 0.5) is 5.69 Å². The second-order valence-corrected chi connectivity index (χ2v) is 21.9. The first-order valence-corrected chi connectivity index (χ1v) is 15.7. The molecule has 1 aliphatic heterocycles. The van der Waals surface area contributed by atoms with E-state index < -0.39 is 5.97 Å². The number of carbonyl (C=O) groups excluding carboxylic acids is 2. The van der Waals surface area contributed by atoms with Crippen molar-refractivity contribution >= 4 is 23.5 Å². The fraction of sp³-hybridized carbons (Fsp3) is 0.400. The van der Waals surface area contributed by atoms with Crippen molar-refractivity contribution in [1.82, 2.24) is 5.32 Å². The summed E-state index contributed by atoms with van der Waals surface area (Å²) < 4.78 is 3.41. The van der Waals surface area contributed by atoms with Crippen molar-refractivity contribution < 1.29 is 87.9 Å². The number of rotatable bonds is 6. The van der Waals surface area contributed by atoms with E-state index in [1.54, 1.807) is 0 Å². The van der Waals surface area contributed by atoms with Crippen LogP contribution in [0, 0.1) is 0 Å². The van der Waals surface area contributed by atoms with Crippen LogP contribution in [0.1, 0.15) is 27.6 Å². The first-order valence-electron chi connectivity index (χ1n) is 7.16. The van der Waals surface area contributed by atoms with Crippen molar-refractivity contribution in [3.8, 4) is 0 Å². The van der Waals surface area contributed by atoms with E-state index in [0.29, 0.717) is 29.7 Å². The van der Waals surface area contributed by atoms with Crippen LogP contribution in [-0.2, 0) is 9.63 Å². The molecule has 1 aliphatic rings. The Labute approximate surface area is 177 Å². The zero-order valence-corrected chi connectivity index (χ0v) is 20.1. The molecule has 1 fully saturated rings. The molecule has 1 saturated heterocycles. The average Bonchev–Trinajstić information content (AvgIpc) is 2.61. The van der Waals surface area contributed by atoms with Gasteiger partial charge in [0.25, 0.3) is 0 Å². The summed E-state index contributed by atoms with van der Waals surface area (Å²) in [6.45, 7) is 1.83. The van der Waals surface area contributed by atoms with Gasteiger partial charge in [-0.15, -0.1) is 0 Å². The molecule has 142 valence electrons. The summed E-state index contributed by atoms with van der Waals surface area (Å²) >= 11 is 0.733. The maximum absolute atomic E-state index is 12.0. The van der Waals surface area contributed by atoms with Gasteiger partial charge in [-0.1, -0.05) is 0 Å². The summed E-state index contributed by atoms with van der Waals surface area (Å²) in [5, 5.41) is 13.0. The van der Waals surface area contributed by atoms with Gasteiger partial charge in [0.2, 0.25) is 0 Å². The van der Waals surface area contributed by atoms with E-state index in [2.05, 4.69) is 5.32 Å². The maximum atomic E-state index is 12.0. The Bertz CT molecular complexity index is 665. The molecular weight excluding hydrogens is 669 g/mol. The Kier molecular flexibility index (Phi) is 8.60. The van der Waals surface area contributed by atoms with Gasteiger partial charge in [0.05, 0.1) is 0 Å². The van der Waals surface area contributed by atoms with Crippen molar-refractivity contribution in [1.29, 1.82) is 0 Å². The molecule has 2 rings (SSSR count). The number of amides is 2. The SMILES string of the molecule is CNC(=O)c1ccc(N(OCC2[I-]C[I-]C[I-]2)C(C)=O)c(C(=O)O)c1. The number of carboxylic acid groups (broad SMARTS) is 1. The Hall–Kier alpha value is -0.220. The van der Waals surface area contributed by atoms with Gasteiger partial charge in [-0.2, -0.15) is 0 Å². The first kappa shape index (κ1) is 21.1. The molecule has 0 atom stereocenters. The third-order valence-corrected chi connectivity index (χ3v) is 21.7. The average molecular weight is 687 g/mol. The van der Waals surface area contributed by atoms with Crippen LogP contribution >= 0.6 is 0 Å². The predicted octanol–water partition coefficient (Wildman–Crippen LogP) is -8.45. The number of hydroxylamine groups is 1. The van der Waals surface area contributed by atoms with E-state index in [1.807, 2.05) is 0 Å². The van der Waals surface area contributed by atoms with Crippen molar-refractivity contribution in [3.63, 3.8) is 0 Å². The molecule has 1 aromatic carbocycles. The summed E-state index contributed by atoms with van der Waals surface area (Å²) in [5.41, 5.74) is 0.252. The van der Waals surface area contributed by atoms with Crippen molar-refractivity contribution in [3.05, 3.63) is 29.3 Å². The molecule has 1 heterocycles. The van der Waals surface area contributed by atoms with E-state index in [9.17, 15) is 19.5 Å². The molecule has 7 nitrogen and oxygen atoms in total. The molecule has 25 heavy (non-hydrogen) atoms. The number of carbonyl (C=O) groups is 3. The summed E-state index contributed by atoms with van der Waals surface area (Å²) in [5.74, 6) is -1.97. The number of carboxylic acids is 1. The van der Waals surface area contributed by atoms with Crippen LogP contribution in [0.25, 0.3) is 0 Å². The van der Waals surface area contributed by atoms with Gasteiger partial charge in [-0.3, -0.25) is 0 Å². The summed E-state index contributed by atoms with van der Waals surface area (Å²) in [4.78, 5) is 41.1. The third-order valence-electron chi connectivity index (χ3n) is 3.14. The van der Waals surface area contributed by atoms with Crippen LogP contribution in [0.3, 0.4) is 0 Å². The quantitative estimate of drug-likeness (QED) is 0.176. The number of hydrogen-bond donors (Lipinski definition) is 2. The number of benzene rings is 1. The summed E-state index contributed by atoms with van der Waals surface area (Å²) in [6, 6.07) is 4.21. The van der Waals surface area contributed by atoms with E-state index in [0.717, 1.165) is 5.06 Å². The monoisotopic (exact) mass is 687 g/mol. The number of nitrogens with one attached hydrogen (secondary N) is 1. The van der Waals surface area contributed by atoms with Crippen LogP contribution in [0.15, 0.2) is 18.2 Å². The van der Waals surface area contributed by atoms with E-state index >= 15 is 0 Å². The van der Waals surface area contributed by atoms with E-state index in [4.69, 9.17) is 4.84 Å². The summed E-state index contributed by atoms with van der Waals surface area (Å²) in [6.07, 6.45) is 0. The third kappa shape index (κ3) is 5.89. The topological polar surface area (TPSA) is 95.9 Å². The van der Waals surface area contributed by atoms with E-state index in [1.165, 1.54) is 37.0 Å². The number of anilines is 1. The van der Waals surface area contributed by atoms with Crippen LogP contribution in [-0.4, -0.2) is 43.3 Å². The number of halogens is 3. The number of hydrogen-bond acceptors (Lipinski definition) is 4. The van der Waals surface area contributed by atoms with Gasteiger partial charge in [-0.25, -0.2) is 0 Å². The molecule has 0 saturated carbocycles. The van der Waals surface area contributed by atoms with Crippen LogP contribution in [0.5, 0.6) is 0 Å². The molecule has 2 amide bonds. The molecule has 10 heteroatoms. The molecule has 0 bridgehead atoms. The molecule has 0 aromatic heterocycles. The van der Waals surface area contributed by atoms with Crippen molar-refractivity contribution in [2.75, 3.05) is 23.6 Å². The van der Waals surface area contributed by atoms with Crippen molar-refractivity contribution in [2.45, 2.75) is 8.86 Å². The minimum atomic E-state index is -1.21. The fourth-order valence-corrected chi connectivity index (χ4v) is 33.3. The fourth-order valence-electron chi connectivity index (χ4n) is 2.00. The molecule has 0 spiro atoms. The van der Waals surface area contributed by atoms with E-state index in [-0.39, 0.29) is 71.0 Å². The van der Waals surface area contributed by atoms with Gasteiger partial charge in [0.1, 0.15) is 0 Å². The molecular formula is C15H18I3N2O5-3. The van der Waals surface area contributed by atoms with Gasteiger partial charge in [0.15, 0.2) is 0 Å². The zero-order chi connectivity index (χ0) is 18.4. The van der Waals surface area contributed by atoms with Gasteiger partial charge in [0, 0.05) is 0 Å². The number of alkyl halides is 6. The van der Waals surface area contributed by atoms with Gasteiger partial charge in [-0.05, 0) is 0 Å². The Morgan fingerprint density at radius 2 is 2.00 bits per heavy atom. The van der Waals surface area contributed by atoms with Crippen molar-refractivity contribution in [2.24, 2.45) is 0 Å². The Morgan fingerprint density at radius 3 is 2.56 bits per heavy atom. The molecule has 1 aromatic rings. The summed E-state index contributed by atoms with van der Waals surface area (Å²) in [7, 11) is 1.47. The van der Waals surface area contributed by atoms with Crippen LogP contribution in [0.2, 0.25) is 0 Å². The van der Waals surface area contributed by atoms with Gasteiger partial charge < -0.3 is 0 Å². The minimum absolute atomic E-state index is 0.129. The molecule has 0 radical (unpaired) electrons. The second kappa shape index (κ2) is 10.2. The molecule has 2 N–H and O–H groups in total.